The van der Waals surface area contributed by atoms with Crippen LogP contribution in [0.4, 0.5) is 11.4 Å². The number of carbonyl (C=O) groups excluding carboxylic acids is 3. The largest absolute Gasteiger partial charge is 0.368 e. The Balaban J connectivity index is 1.53. The zero-order chi connectivity index (χ0) is 21.0. The fourth-order valence-electron chi connectivity index (χ4n) is 3.55. The lowest BCUT2D eigenvalue weighted by atomic mass is 10.1. The van der Waals surface area contributed by atoms with Gasteiger partial charge in [-0.05, 0) is 50.1 Å². The van der Waals surface area contributed by atoms with Crippen molar-refractivity contribution in [3.05, 3.63) is 59.2 Å². The fourth-order valence-corrected chi connectivity index (χ4v) is 3.55. The van der Waals surface area contributed by atoms with Crippen LogP contribution in [0.1, 0.15) is 34.8 Å². The first-order valence-corrected chi connectivity index (χ1v) is 9.85. The van der Waals surface area contributed by atoms with Gasteiger partial charge in [0.05, 0.1) is 0 Å². The SMILES string of the molecule is CC(=O)c1cccc(NC(=O)CC(=O)N2CCN(c3cccc(C)c3C)CC2)c1. The van der Waals surface area contributed by atoms with E-state index in [0.29, 0.717) is 24.3 Å². The molecule has 3 rings (SSSR count). The molecule has 1 N–H and O–H groups in total. The number of anilines is 2. The predicted molar refractivity (Wildman–Crippen MR) is 114 cm³/mol. The number of amides is 2. The van der Waals surface area contributed by atoms with Crippen molar-refractivity contribution in [2.75, 3.05) is 36.4 Å². The number of hydrogen-bond acceptors (Lipinski definition) is 4. The summed E-state index contributed by atoms with van der Waals surface area (Å²) in [6.07, 6.45) is -0.201. The molecule has 6 nitrogen and oxygen atoms in total. The molecule has 0 radical (unpaired) electrons. The first kappa shape index (κ1) is 20.6. The second-order valence-electron chi connectivity index (χ2n) is 7.45. The smallest absolute Gasteiger partial charge is 0.233 e. The fraction of sp³-hybridized carbons (Fsp3) is 0.348. The van der Waals surface area contributed by atoms with E-state index >= 15 is 0 Å². The van der Waals surface area contributed by atoms with E-state index in [4.69, 9.17) is 0 Å². The van der Waals surface area contributed by atoms with Gasteiger partial charge in [-0.3, -0.25) is 14.4 Å². The van der Waals surface area contributed by atoms with Gasteiger partial charge in [-0.25, -0.2) is 0 Å². The molecule has 29 heavy (non-hydrogen) atoms. The summed E-state index contributed by atoms with van der Waals surface area (Å²) in [6.45, 7) is 8.38. The second-order valence-corrected chi connectivity index (χ2v) is 7.45. The monoisotopic (exact) mass is 393 g/mol. The van der Waals surface area contributed by atoms with Crippen molar-refractivity contribution < 1.29 is 14.4 Å². The maximum Gasteiger partial charge on any atom is 0.233 e. The zero-order valence-corrected chi connectivity index (χ0v) is 17.2. The van der Waals surface area contributed by atoms with Gasteiger partial charge in [-0.1, -0.05) is 24.3 Å². The van der Waals surface area contributed by atoms with Crippen LogP contribution >= 0.6 is 0 Å². The first-order valence-electron chi connectivity index (χ1n) is 9.85. The number of benzene rings is 2. The van der Waals surface area contributed by atoms with Crippen LogP contribution < -0.4 is 10.2 Å². The highest BCUT2D eigenvalue weighted by molar-refractivity contribution is 6.04. The predicted octanol–water partition coefficient (Wildman–Crippen LogP) is 3.18. The van der Waals surface area contributed by atoms with Crippen molar-refractivity contribution in [3.8, 4) is 0 Å². The van der Waals surface area contributed by atoms with E-state index in [1.807, 2.05) is 0 Å². The lowest BCUT2D eigenvalue weighted by molar-refractivity contribution is -0.134. The number of ketones is 1. The summed E-state index contributed by atoms with van der Waals surface area (Å²) in [5.41, 5.74) is 4.78. The minimum absolute atomic E-state index is 0.0705. The zero-order valence-electron chi connectivity index (χ0n) is 17.2. The Labute approximate surface area is 171 Å². The van der Waals surface area contributed by atoms with Gasteiger partial charge in [0.25, 0.3) is 0 Å². The lowest BCUT2D eigenvalue weighted by Gasteiger charge is -2.37. The molecule has 0 aromatic heterocycles. The molecule has 1 fully saturated rings. The third kappa shape index (κ3) is 5.02. The van der Waals surface area contributed by atoms with Crippen LogP contribution in [0, 0.1) is 13.8 Å². The lowest BCUT2D eigenvalue weighted by Crippen LogP contribution is -2.49. The average molecular weight is 393 g/mol. The van der Waals surface area contributed by atoms with Gasteiger partial charge in [0.1, 0.15) is 6.42 Å². The van der Waals surface area contributed by atoms with Gasteiger partial charge >= 0.3 is 0 Å². The Kier molecular flexibility index (Phi) is 6.32. The summed E-state index contributed by atoms with van der Waals surface area (Å²) in [7, 11) is 0. The Bertz CT molecular complexity index is 931. The molecule has 0 bridgehead atoms. The molecule has 0 saturated carbocycles. The van der Waals surface area contributed by atoms with Crippen molar-refractivity contribution >= 4 is 29.0 Å². The van der Waals surface area contributed by atoms with Gasteiger partial charge < -0.3 is 15.1 Å². The van der Waals surface area contributed by atoms with Crippen LogP contribution in [0.25, 0.3) is 0 Å². The van der Waals surface area contributed by atoms with E-state index < -0.39 is 0 Å². The topological polar surface area (TPSA) is 69.7 Å². The highest BCUT2D eigenvalue weighted by Crippen LogP contribution is 2.24. The molecule has 2 aromatic carbocycles. The third-order valence-electron chi connectivity index (χ3n) is 5.41. The molecule has 2 amide bonds. The molecular weight excluding hydrogens is 366 g/mol. The number of piperazine rings is 1. The van der Waals surface area contributed by atoms with Crippen molar-refractivity contribution in [1.82, 2.24) is 4.90 Å². The van der Waals surface area contributed by atoms with Crippen LogP contribution in [0.2, 0.25) is 0 Å². The Morgan fingerprint density at radius 2 is 1.66 bits per heavy atom. The number of aryl methyl sites for hydroxylation is 1. The normalized spacial score (nSPS) is 13.9. The number of nitrogens with one attached hydrogen (secondary N) is 1. The first-order chi connectivity index (χ1) is 13.8. The molecule has 1 saturated heterocycles. The minimum Gasteiger partial charge on any atom is -0.368 e. The average Bonchev–Trinajstić information content (AvgIpc) is 2.70. The van der Waals surface area contributed by atoms with Crippen molar-refractivity contribution in [3.63, 3.8) is 0 Å². The highest BCUT2D eigenvalue weighted by atomic mass is 16.2. The minimum atomic E-state index is -0.368. The molecule has 152 valence electrons. The molecule has 2 aromatic rings. The van der Waals surface area contributed by atoms with Crippen LogP contribution in [0.3, 0.4) is 0 Å². The summed E-state index contributed by atoms with van der Waals surface area (Å²) in [6, 6.07) is 13.0. The quantitative estimate of drug-likeness (QED) is 0.626. The summed E-state index contributed by atoms with van der Waals surface area (Å²) in [5, 5.41) is 2.71. The number of Topliss-reactive ketones (excluding diaryl/α,β-unsaturated/α-hetero) is 1. The summed E-state index contributed by atoms with van der Waals surface area (Å²) >= 11 is 0. The third-order valence-corrected chi connectivity index (χ3v) is 5.41. The van der Waals surface area contributed by atoms with E-state index in [-0.39, 0.29) is 24.0 Å². The molecule has 1 aliphatic rings. The molecule has 1 aliphatic heterocycles. The number of carbonyl (C=O) groups is 3. The van der Waals surface area contributed by atoms with Gasteiger partial charge in [0.2, 0.25) is 11.8 Å². The summed E-state index contributed by atoms with van der Waals surface area (Å²) in [4.78, 5) is 40.3. The van der Waals surface area contributed by atoms with E-state index in [1.165, 1.54) is 23.7 Å². The van der Waals surface area contributed by atoms with Crippen molar-refractivity contribution in [2.45, 2.75) is 27.2 Å². The maximum atomic E-state index is 12.5. The molecule has 0 atom stereocenters. The molecule has 6 heteroatoms. The molecule has 0 aliphatic carbocycles. The van der Waals surface area contributed by atoms with E-state index in [9.17, 15) is 14.4 Å². The Hall–Kier alpha value is -3.15. The van der Waals surface area contributed by atoms with Gasteiger partial charge in [0, 0.05) is 43.1 Å². The van der Waals surface area contributed by atoms with Crippen LogP contribution in [-0.4, -0.2) is 48.7 Å². The van der Waals surface area contributed by atoms with Crippen molar-refractivity contribution in [1.29, 1.82) is 0 Å². The highest BCUT2D eigenvalue weighted by Gasteiger charge is 2.23. The van der Waals surface area contributed by atoms with E-state index in [2.05, 4.69) is 42.3 Å². The van der Waals surface area contributed by atoms with Gasteiger partial charge in [-0.15, -0.1) is 0 Å². The standard InChI is InChI=1S/C23H27N3O3/c1-16-6-4-9-21(17(16)2)25-10-12-26(13-11-25)23(29)15-22(28)24-20-8-5-7-19(14-20)18(3)27/h4-9,14H,10-13,15H2,1-3H3,(H,24,28). The summed E-state index contributed by atoms with van der Waals surface area (Å²) in [5.74, 6) is -0.614. The second kappa shape index (κ2) is 8.90. The Morgan fingerprint density at radius 3 is 2.34 bits per heavy atom. The van der Waals surface area contributed by atoms with Crippen LogP contribution in [-0.2, 0) is 9.59 Å². The maximum absolute atomic E-state index is 12.5. The molecular formula is C23H27N3O3. The molecule has 0 unspecified atom stereocenters. The van der Waals surface area contributed by atoms with Gasteiger partial charge in [0.15, 0.2) is 5.78 Å². The van der Waals surface area contributed by atoms with E-state index in [1.54, 1.807) is 29.2 Å². The number of nitrogens with zero attached hydrogens (tertiary/aromatic N) is 2. The Morgan fingerprint density at radius 1 is 0.966 bits per heavy atom. The van der Waals surface area contributed by atoms with Crippen molar-refractivity contribution in [2.24, 2.45) is 0 Å². The number of rotatable bonds is 5. The number of hydrogen-bond donors (Lipinski definition) is 1. The summed E-state index contributed by atoms with van der Waals surface area (Å²) < 4.78 is 0. The molecule has 0 spiro atoms. The van der Waals surface area contributed by atoms with Crippen LogP contribution in [0.15, 0.2) is 42.5 Å². The van der Waals surface area contributed by atoms with Crippen LogP contribution in [0.5, 0.6) is 0 Å². The van der Waals surface area contributed by atoms with Gasteiger partial charge in [-0.2, -0.15) is 0 Å². The van der Waals surface area contributed by atoms with E-state index in [0.717, 1.165) is 13.1 Å². The molecule has 1 heterocycles.